The van der Waals surface area contributed by atoms with Gasteiger partial charge in [-0.1, -0.05) is 182 Å². The number of para-hydroxylation sites is 1. The lowest BCUT2D eigenvalue weighted by atomic mass is 9.64. The highest BCUT2D eigenvalue weighted by Crippen LogP contribution is 2.65. The Labute approximate surface area is 403 Å². The molecule has 5 aromatic carbocycles. The van der Waals surface area contributed by atoms with Gasteiger partial charge in [0.1, 0.15) is 0 Å². The molecule has 4 unspecified atom stereocenters. The van der Waals surface area contributed by atoms with Crippen LogP contribution in [0.4, 0.5) is 17.1 Å². The van der Waals surface area contributed by atoms with Crippen LogP contribution < -0.4 is 9.80 Å². The van der Waals surface area contributed by atoms with Crippen molar-refractivity contribution < 1.29 is 0 Å². The van der Waals surface area contributed by atoms with Crippen LogP contribution in [-0.4, -0.2) is 12.1 Å². The zero-order valence-electron chi connectivity index (χ0n) is 38.8. The lowest BCUT2D eigenvalue weighted by Gasteiger charge is -2.42. The third-order valence-corrected chi connectivity index (χ3v) is 15.7. The molecule has 0 saturated carbocycles. The van der Waals surface area contributed by atoms with E-state index in [1.54, 1.807) is 6.08 Å². The molecule has 1 spiro atoms. The van der Waals surface area contributed by atoms with Crippen molar-refractivity contribution in [2.75, 3.05) is 9.80 Å². The fourth-order valence-electron chi connectivity index (χ4n) is 12.8. The number of rotatable bonds is 8. The summed E-state index contributed by atoms with van der Waals surface area (Å²) < 4.78 is 0. The Hall–Kier alpha value is -7.60. The van der Waals surface area contributed by atoms with E-state index in [4.69, 9.17) is 6.42 Å². The van der Waals surface area contributed by atoms with Gasteiger partial charge in [0.15, 0.2) is 0 Å². The van der Waals surface area contributed by atoms with Crippen molar-refractivity contribution in [3.63, 3.8) is 0 Å². The first kappa shape index (κ1) is 41.8. The Balaban J connectivity index is 0.932. The molecule has 6 aliphatic carbocycles. The minimum absolute atomic E-state index is 0.130. The van der Waals surface area contributed by atoms with Crippen LogP contribution >= 0.6 is 0 Å². The zero-order valence-corrected chi connectivity index (χ0v) is 38.8. The van der Waals surface area contributed by atoms with E-state index in [1.165, 1.54) is 96.0 Å². The first-order chi connectivity index (χ1) is 33.6. The van der Waals surface area contributed by atoms with Gasteiger partial charge in [-0.15, -0.1) is 6.42 Å². The van der Waals surface area contributed by atoms with Crippen LogP contribution in [0.25, 0.3) is 16.7 Å². The van der Waals surface area contributed by atoms with E-state index in [-0.39, 0.29) is 17.4 Å². The summed E-state index contributed by atoms with van der Waals surface area (Å²) >= 11 is 0. The van der Waals surface area contributed by atoms with E-state index in [0.29, 0.717) is 12.0 Å². The average Bonchev–Trinajstić information content (AvgIpc) is 3.85. The van der Waals surface area contributed by atoms with Crippen molar-refractivity contribution in [3.05, 3.63) is 274 Å². The summed E-state index contributed by atoms with van der Waals surface area (Å²) in [7, 11) is 0. The van der Waals surface area contributed by atoms with Crippen LogP contribution in [0.15, 0.2) is 241 Å². The maximum atomic E-state index is 5.45. The number of hydrogen-bond donors (Lipinski definition) is 0. The predicted octanol–water partition coefficient (Wildman–Crippen LogP) is 15.6. The minimum atomic E-state index is -0.322. The number of aryl methyl sites for hydroxylation is 1. The fourth-order valence-corrected chi connectivity index (χ4v) is 12.8. The van der Waals surface area contributed by atoms with E-state index < -0.39 is 0 Å². The largest absolute Gasteiger partial charge is 0.338 e. The predicted molar refractivity (Wildman–Crippen MR) is 286 cm³/mol. The molecule has 1 heterocycles. The van der Waals surface area contributed by atoms with Crippen LogP contribution in [0.5, 0.6) is 0 Å². The molecule has 0 saturated heterocycles. The number of nitrogens with zero attached hydrogens (tertiary/aromatic N) is 2. The molecular weight excluding hydrogens is 821 g/mol. The Kier molecular flexibility index (Phi) is 10.8. The maximum Gasteiger partial charge on any atom is 0.0591 e. The molecule has 4 atom stereocenters. The van der Waals surface area contributed by atoms with Crippen LogP contribution in [-0.2, 0) is 11.8 Å². The molecule has 0 N–H and O–H groups in total. The molecule has 5 aromatic rings. The third kappa shape index (κ3) is 6.87. The van der Waals surface area contributed by atoms with Gasteiger partial charge in [-0.3, -0.25) is 0 Å². The van der Waals surface area contributed by atoms with Gasteiger partial charge in [0.2, 0.25) is 0 Å². The summed E-state index contributed by atoms with van der Waals surface area (Å²) in [6, 6.07) is 44.4. The molecule has 330 valence electrons. The minimum Gasteiger partial charge on any atom is -0.338 e. The van der Waals surface area contributed by atoms with Gasteiger partial charge in [-0.2, -0.15) is 0 Å². The zero-order chi connectivity index (χ0) is 45.6. The number of hydrogen-bond acceptors (Lipinski definition) is 2. The first-order valence-corrected chi connectivity index (χ1v) is 24.7. The van der Waals surface area contributed by atoms with Crippen LogP contribution in [0.3, 0.4) is 0 Å². The van der Waals surface area contributed by atoms with Crippen LogP contribution in [0.1, 0.15) is 71.4 Å². The third-order valence-electron chi connectivity index (χ3n) is 15.7. The van der Waals surface area contributed by atoms with Crippen molar-refractivity contribution in [2.45, 2.75) is 68.9 Å². The van der Waals surface area contributed by atoms with Gasteiger partial charge in [0.25, 0.3) is 0 Å². The molecule has 1 aliphatic heterocycles. The monoisotopic (exact) mass is 876 g/mol. The number of benzene rings is 5. The van der Waals surface area contributed by atoms with Gasteiger partial charge in [-0.25, -0.2) is 0 Å². The van der Waals surface area contributed by atoms with Gasteiger partial charge in [-0.05, 0) is 155 Å². The summed E-state index contributed by atoms with van der Waals surface area (Å²) in [4.78, 5) is 5.28. The Morgan fingerprint density at radius 1 is 0.779 bits per heavy atom. The first-order valence-electron chi connectivity index (χ1n) is 24.7. The van der Waals surface area contributed by atoms with E-state index in [2.05, 4.69) is 223 Å². The van der Waals surface area contributed by atoms with Gasteiger partial charge in [0, 0.05) is 34.6 Å². The van der Waals surface area contributed by atoms with Gasteiger partial charge >= 0.3 is 0 Å². The standard InChI is InChI=1S/C66H56N2/c1-3-4-5-6-9-22-47-34-38-51(39-35-47)67(50-24-20-23-48(36-40-50)49-37-43-65-58(44-49)57-28-15-19-33-64(57)68(65)63-32-18-12-21-46(63)2)52-41-42-56-55-25-10-7-8-11-29-59(55)66(62(56)45-52)60-30-16-13-26-53(60)54-27-14-17-31-61(54)66/h1,4-14,16-21,24-27,29-39,41-44,50,57,62,64H,15,22-23,28,40,45H2,2H3/b5-4-,8-7+,9-6-,10-7?,11-8?,25-10?,29-11?,55-25?,59-29?. The van der Waals surface area contributed by atoms with Crippen LogP contribution in [0.2, 0.25) is 0 Å². The Morgan fingerprint density at radius 3 is 2.37 bits per heavy atom. The molecule has 12 rings (SSSR count). The smallest absolute Gasteiger partial charge is 0.0591 e. The van der Waals surface area contributed by atoms with E-state index in [1.807, 2.05) is 12.2 Å². The van der Waals surface area contributed by atoms with Crippen LogP contribution in [0, 0.1) is 25.2 Å². The van der Waals surface area contributed by atoms with E-state index in [9.17, 15) is 0 Å². The lowest BCUT2D eigenvalue weighted by molar-refractivity contribution is 0.448. The molecule has 2 heteroatoms. The average molecular weight is 877 g/mol. The van der Waals surface area contributed by atoms with Crippen molar-refractivity contribution in [1.29, 1.82) is 0 Å². The van der Waals surface area contributed by atoms with Crippen molar-refractivity contribution in [3.8, 4) is 23.5 Å². The summed E-state index contributed by atoms with van der Waals surface area (Å²) in [6.45, 7) is 2.25. The van der Waals surface area contributed by atoms with Crippen molar-refractivity contribution in [2.24, 2.45) is 5.92 Å². The van der Waals surface area contributed by atoms with Gasteiger partial charge < -0.3 is 9.80 Å². The number of allylic oxidation sites excluding steroid dienone is 19. The second-order valence-electron chi connectivity index (χ2n) is 19.3. The molecule has 0 fully saturated rings. The number of fused-ring (bicyclic) bond motifs is 12. The van der Waals surface area contributed by atoms with E-state index >= 15 is 0 Å². The molecule has 0 radical (unpaired) electrons. The molecular formula is C66H56N2. The SMILES string of the molecule is C#C/C=C\C=C/Cc1ccc(N(C2=CC=C3C4=C(C=C/C=C/C=C4)C4(c5ccccc5-c5ccccc54)C3C2)C2C=CCC(c3ccc4c(c3)C3CCC=CC3N4c3ccccc3C)=CC2)cc1. The highest BCUT2D eigenvalue weighted by Gasteiger charge is 2.57. The highest BCUT2D eigenvalue weighted by molar-refractivity contribution is 5.88. The quantitative estimate of drug-likeness (QED) is 0.0871. The molecule has 2 nitrogen and oxygen atoms in total. The Bertz CT molecular complexity index is 3180. The second-order valence-corrected chi connectivity index (χ2v) is 19.3. The molecule has 7 aliphatic rings. The second kappa shape index (κ2) is 17.6. The summed E-state index contributed by atoms with van der Waals surface area (Å²) in [5, 5.41) is 0. The molecule has 0 aromatic heterocycles. The fraction of sp³-hybridized carbons (Fsp3) is 0.182. The molecule has 68 heavy (non-hydrogen) atoms. The summed E-state index contributed by atoms with van der Waals surface area (Å²) in [6.07, 6.45) is 50.0. The highest BCUT2D eigenvalue weighted by atomic mass is 15.2. The topological polar surface area (TPSA) is 6.48 Å². The lowest BCUT2D eigenvalue weighted by Crippen LogP contribution is -2.39. The maximum absolute atomic E-state index is 5.45. The number of anilines is 3. The molecule has 0 bridgehead atoms. The van der Waals surface area contributed by atoms with Gasteiger partial charge in [0.05, 0.1) is 17.5 Å². The van der Waals surface area contributed by atoms with Crippen molar-refractivity contribution >= 4 is 22.6 Å². The normalized spacial score (nSPS) is 22.9. The summed E-state index contributed by atoms with van der Waals surface area (Å²) in [5.74, 6) is 3.28. The summed E-state index contributed by atoms with van der Waals surface area (Å²) in [5.41, 5.74) is 21.5. The van der Waals surface area contributed by atoms with E-state index in [0.717, 1.165) is 32.1 Å². The van der Waals surface area contributed by atoms with Crippen molar-refractivity contribution in [1.82, 2.24) is 0 Å². The molecule has 0 amide bonds. The number of terminal acetylenes is 1. The Morgan fingerprint density at radius 2 is 1.56 bits per heavy atom.